The van der Waals surface area contributed by atoms with E-state index in [1.165, 1.54) is 0 Å². The molecule has 3 aromatic rings. The molecule has 0 amide bonds. The summed E-state index contributed by atoms with van der Waals surface area (Å²) in [5.74, 6) is 0. The van der Waals surface area contributed by atoms with Crippen LogP contribution in [0, 0.1) is 0 Å². The molecule has 142 valence electrons. The lowest BCUT2D eigenvalue weighted by atomic mass is 10.0. The lowest BCUT2D eigenvalue weighted by molar-refractivity contribution is 0.702. The number of nitrogens with zero attached hydrogens (tertiary/aromatic N) is 4. The van der Waals surface area contributed by atoms with Gasteiger partial charge in [-0.2, -0.15) is 15.3 Å². The third-order valence-corrected chi connectivity index (χ3v) is 4.54. The van der Waals surface area contributed by atoms with Crippen LogP contribution in [-0.4, -0.2) is 27.4 Å². The summed E-state index contributed by atoms with van der Waals surface area (Å²) < 4.78 is 1.97. The summed E-state index contributed by atoms with van der Waals surface area (Å²) in [5, 5.41) is 13.6. The number of benzene rings is 2. The molecule has 4 rings (SSSR count). The summed E-state index contributed by atoms with van der Waals surface area (Å²) in [5.41, 5.74) is 17.5. The highest BCUT2D eigenvalue weighted by atomic mass is 15.4. The van der Waals surface area contributed by atoms with Crippen molar-refractivity contribution in [2.45, 2.75) is 25.9 Å². The summed E-state index contributed by atoms with van der Waals surface area (Å²) >= 11 is 0. The van der Waals surface area contributed by atoms with Gasteiger partial charge in [0.05, 0.1) is 23.3 Å². The molecule has 1 atom stereocenters. The van der Waals surface area contributed by atoms with Crippen molar-refractivity contribution < 1.29 is 0 Å². The first-order chi connectivity index (χ1) is 13.8. The second-order valence-electron chi connectivity index (χ2n) is 6.54. The molecule has 0 fully saturated rings. The minimum absolute atomic E-state index is 0.472. The Morgan fingerprint density at radius 2 is 1.82 bits per heavy atom. The molecule has 0 aliphatic carbocycles. The Bertz CT molecular complexity index is 990. The fourth-order valence-corrected chi connectivity index (χ4v) is 3.20. The van der Waals surface area contributed by atoms with Crippen molar-refractivity contribution in [3.8, 4) is 5.69 Å². The van der Waals surface area contributed by atoms with E-state index in [1.54, 1.807) is 0 Å². The Balaban J connectivity index is 1.70. The fraction of sp³-hybridized carbons (Fsp3) is 0.190. The number of hydrogen-bond donors (Lipinski definition) is 3. The summed E-state index contributed by atoms with van der Waals surface area (Å²) in [6.07, 6.45) is 3.24. The molecule has 1 aromatic heterocycles. The molecule has 1 unspecified atom stereocenters. The zero-order chi connectivity index (χ0) is 19.3. The lowest BCUT2D eigenvalue weighted by Gasteiger charge is -2.10. The van der Waals surface area contributed by atoms with E-state index in [9.17, 15) is 0 Å². The molecule has 7 heteroatoms. The maximum absolute atomic E-state index is 6.19. The number of para-hydroxylation sites is 2. The number of hydrazone groups is 2. The van der Waals surface area contributed by atoms with Crippen molar-refractivity contribution in [2.75, 3.05) is 5.43 Å². The highest BCUT2D eigenvalue weighted by Crippen LogP contribution is 2.20. The van der Waals surface area contributed by atoms with E-state index in [2.05, 4.69) is 33.1 Å². The molecule has 28 heavy (non-hydrogen) atoms. The van der Waals surface area contributed by atoms with Gasteiger partial charge in [-0.15, -0.1) is 0 Å². The molecule has 0 spiro atoms. The van der Waals surface area contributed by atoms with E-state index in [1.807, 2.05) is 71.5 Å². The molecule has 2 aromatic carbocycles. The molecule has 0 saturated heterocycles. The minimum Gasteiger partial charge on any atom is -0.305 e. The van der Waals surface area contributed by atoms with Crippen LogP contribution >= 0.6 is 0 Å². The number of nitrogens with two attached hydrogens (primary N) is 1. The molecular weight excluding hydrogens is 350 g/mol. The molecule has 7 nitrogen and oxygen atoms in total. The molecule has 4 N–H and O–H groups in total. The van der Waals surface area contributed by atoms with Crippen LogP contribution in [0.15, 0.2) is 77.1 Å². The molecule has 0 saturated carbocycles. The zero-order valence-corrected chi connectivity index (χ0v) is 15.7. The molecular formula is C21H23N7. The summed E-state index contributed by atoms with van der Waals surface area (Å²) in [7, 11) is 0. The first kappa shape index (κ1) is 17.9. The molecule has 1 aliphatic rings. The van der Waals surface area contributed by atoms with E-state index in [0.29, 0.717) is 5.71 Å². The van der Waals surface area contributed by atoms with Gasteiger partial charge in [-0.05, 0) is 30.7 Å². The normalized spacial score (nSPS) is 17.4. The Hall–Kier alpha value is -3.45. The maximum atomic E-state index is 6.19. The number of anilines is 1. The quantitative estimate of drug-likeness (QED) is 0.579. The van der Waals surface area contributed by atoms with Crippen LogP contribution in [0.2, 0.25) is 0 Å². The van der Waals surface area contributed by atoms with E-state index in [4.69, 9.17) is 5.73 Å². The fourth-order valence-electron chi connectivity index (χ4n) is 3.20. The highest BCUT2D eigenvalue weighted by molar-refractivity contribution is 6.51. The Kier molecular flexibility index (Phi) is 5.16. The minimum atomic E-state index is -0.472. The van der Waals surface area contributed by atoms with E-state index < -0.39 is 6.17 Å². The smallest absolute Gasteiger partial charge is 0.138 e. The average Bonchev–Trinajstić information content (AvgIpc) is 3.31. The van der Waals surface area contributed by atoms with Crippen LogP contribution in [-0.2, 0) is 6.42 Å². The summed E-state index contributed by atoms with van der Waals surface area (Å²) in [6, 6.07) is 19.9. The molecule has 2 heterocycles. The Morgan fingerprint density at radius 1 is 1.11 bits per heavy atom. The first-order valence-electron chi connectivity index (χ1n) is 9.38. The third kappa shape index (κ3) is 3.52. The average molecular weight is 373 g/mol. The predicted molar refractivity (Wildman–Crippen MR) is 113 cm³/mol. The monoisotopic (exact) mass is 373 g/mol. The standard InChI is InChI=1S/C21H23N7/c1-2-9-18-17(14-23-28(18)16-12-7-4-8-13-16)19-20(21(22)27-25-19)26-24-15-10-5-3-6-11-15/h3-8,10-14,21,24,27H,2,9,22H2,1H3. The van der Waals surface area contributed by atoms with Crippen molar-refractivity contribution >= 4 is 17.1 Å². The van der Waals surface area contributed by atoms with Crippen molar-refractivity contribution in [3.63, 3.8) is 0 Å². The van der Waals surface area contributed by atoms with E-state index >= 15 is 0 Å². The second-order valence-corrected chi connectivity index (χ2v) is 6.54. The predicted octanol–water partition coefficient (Wildman–Crippen LogP) is 2.89. The Labute approximate surface area is 164 Å². The van der Waals surface area contributed by atoms with Crippen LogP contribution in [0.5, 0.6) is 0 Å². The van der Waals surface area contributed by atoms with Crippen LogP contribution in [0.1, 0.15) is 24.6 Å². The van der Waals surface area contributed by atoms with Gasteiger partial charge >= 0.3 is 0 Å². The van der Waals surface area contributed by atoms with Crippen molar-refractivity contribution in [3.05, 3.63) is 78.1 Å². The van der Waals surface area contributed by atoms with Crippen LogP contribution in [0.3, 0.4) is 0 Å². The van der Waals surface area contributed by atoms with Gasteiger partial charge in [0, 0.05) is 5.56 Å². The summed E-state index contributed by atoms with van der Waals surface area (Å²) in [6.45, 7) is 2.15. The largest absolute Gasteiger partial charge is 0.305 e. The van der Waals surface area contributed by atoms with Crippen LogP contribution in [0.4, 0.5) is 5.69 Å². The van der Waals surface area contributed by atoms with Gasteiger partial charge in [-0.1, -0.05) is 49.7 Å². The molecule has 0 bridgehead atoms. The van der Waals surface area contributed by atoms with Gasteiger partial charge < -0.3 is 5.73 Å². The van der Waals surface area contributed by atoms with Gasteiger partial charge in [0.2, 0.25) is 0 Å². The van der Waals surface area contributed by atoms with Crippen molar-refractivity contribution in [2.24, 2.45) is 15.9 Å². The third-order valence-electron chi connectivity index (χ3n) is 4.54. The van der Waals surface area contributed by atoms with E-state index in [-0.39, 0.29) is 0 Å². The van der Waals surface area contributed by atoms with Gasteiger partial charge in [0.15, 0.2) is 0 Å². The Morgan fingerprint density at radius 3 is 2.54 bits per heavy atom. The van der Waals surface area contributed by atoms with Gasteiger partial charge in [0.25, 0.3) is 0 Å². The number of aromatic nitrogens is 2. The number of hydrogen-bond acceptors (Lipinski definition) is 6. The van der Waals surface area contributed by atoms with Crippen molar-refractivity contribution in [1.29, 1.82) is 0 Å². The van der Waals surface area contributed by atoms with Gasteiger partial charge in [-0.25, -0.2) is 4.68 Å². The number of nitrogens with one attached hydrogen (secondary N) is 2. The maximum Gasteiger partial charge on any atom is 0.138 e. The summed E-state index contributed by atoms with van der Waals surface area (Å²) in [4.78, 5) is 0. The second kappa shape index (κ2) is 8.06. The lowest BCUT2D eigenvalue weighted by Crippen LogP contribution is -2.39. The zero-order valence-electron chi connectivity index (χ0n) is 15.7. The number of rotatable bonds is 6. The van der Waals surface area contributed by atoms with Crippen LogP contribution in [0.25, 0.3) is 5.69 Å². The topological polar surface area (TPSA) is 92.6 Å². The first-order valence-corrected chi connectivity index (χ1v) is 9.38. The molecule has 0 radical (unpaired) electrons. The van der Waals surface area contributed by atoms with Crippen LogP contribution < -0.4 is 16.6 Å². The SMILES string of the molecule is CCCc1c(C2=NNC(N)C2=NNc2ccccc2)cnn1-c1ccccc1. The van der Waals surface area contributed by atoms with Gasteiger partial charge in [-0.3, -0.25) is 10.9 Å². The molecule has 1 aliphatic heterocycles. The highest BCUT2D eigenvalue weighted by Gasteiger charge is 2.29. The van der Waals surface area contributed by atoms with Crippen molar-refractivity contribution in [1.82, 2.24) is 15.2 Å². The van der Waals surface area contributed by atoms with Gasteiger partial charge in [0.1, 0.15) is 17.6 Å². The van der Waals surface area contributed by atoms with E-state index in [0.717, 1.165) is 41.2 Å².